The van der Waals surface area contributed by atoms with Gasteiger partial charge in [0.2, 0.25) is 0 Å². The van der Waals surface area contributed by atoms with Gasteiger partial charge < -0.3 is 19.2 Å². The van der Waals surface area contributed by atoms with E-state index >= 15 is 0 Å². The summed E-state index contributed by atoms with van der Waals surface area (Å²) in [6.45, 7) is 0. The van der Waals surface area contributed by atoms with Crippen molar-refractivity contribution in [2.24, 2.45) is 0 Å². The summed E-state index contributed by atoms with van der Waals surface area (Å²) in [6.07, 6.45) is 1.50. The van der Waals surface area contributed by atoms with E-state index in [1.54, 1.807) is 36.4 Å². The third-order valence-corrected chi connectivity index (χ3v) is 4.25. The van der Waals surface area contributed by atoms with E-state index < -0.39 is 10.8 Å². The maximum Gasteiger partial charge on any atom is 0.276 e. The number of nitrogens with one attached hydrogen (secondary N) is 2. The number of H-pyrrole nitrogens is 1. The SMILES string of the molecule is COc1ccccc1Oc1cc(NC(=O)c2cc(-c3ccco3)[nH]n2)cc([N+](=O)[O-])c1. The van der Waals surface area contributed by atoms with E-state index in [2.05, 4.69) is 15.5 Å². The van der Waals surface area contributed by atoms with E-state index in [1.807, 2.05) is 0 Å². The molecule has 4 rings (SSSR count). The van der Waals surface area contributed by atoms with Crippen molar-refractivity contribution >= 4 is 17.3 Å². The molecule has 0 aliphatic rings. The first-order valence-electron chi connectivity index (χ1n) is 9.04. The van der Waals surface area contributed by atoms with Gasteiger partial charge >= 0.3 is 0 Å². The highest BCUT2D eigenvalue weighted by Crippen LogP contribution is 2.34. The number of methoxy groups -OCH3 is 1. The van der Waals surface area contributed by atoms with E-state index in [0.717, 1.165) is 0 Å². The predicted molar refractivity (Wildman–Crippen MR) is 110 cm³/mol. The summed E-state index contributed by atoms with van der Waals surface area (Å²) in [7, 11) is 1.49. The topological polar surface area (TPSA) is 133 Å². The minimum Gasteiger partial charge on any atom is -0.493 e. The molecule has 2 heterocycles. The quantitative estimate of drug-likeness (QED) is 0.329. The number of hydrogen-bond donors (Lipinski definition) is 2. The number of rotatable bonds is 7. The van der Waals surface area contributed by atoms with Crippen LogP contribution in [0.25, 0.3) is 11.5 Å². The first kappa shape index (κ1) is 19.7. The van der Waals surface area contributed by atoms with Gasteiger partial charge in [0.15, 0.2) is 23.0 Å². The number of aromatic amines is 1. The van der Waals surface area contributed by atoms with E-state index in [1.165, 1.54) is 37.6 Å². The Morgan fingerprint density at radius 2 is 1.94 bits per heavy atom. The van der Waals surface area contributed by atoms with Crippen molar-refractivity contribution in [3.8, 4) is 28.7 Å². The van der Waals surface area contributed by atoms with Crippen LogP contribution in [0.15, 0.2) is 71.3 Å². The summed E-state index contributed by atoms with van der Waals surface area (Å²) < 4.78 is 16.2. The normalized spacial score (nSPS) is 10.5. The maximum atomic E-state index is 12.6. The van der Waals surface area contributed by atoms with Gasteiger partial charge in [-0.05, 0) is 24.3 Å². The smallest absolute Gasteiger partial charge is 0.276 e. The molecular weight excluding hydrogens is 404 g/mol. The van der Waals surface area contributed by atoms with Crippen molar-refractivity contribution < 1.29 is 23.6 Å². The third kappa shape index (κ3) is 4.37. The summed E-state index contributed by atoms with van der Waals surface area (Å²) >= 11 is 0. The van der Waals surface area contributed by atoms with Crippen molar-refractivity contribution in [2.75, 3.05) is 12.4 Å². The molecule has 10 nitrogen and oxygen atoms in total. The molecule has 0 saturated heterocycles. The second-order valence-corrected chi connectivity index (χ2v) is 6.32. The van der Waals surface area contributed by atoms with Crippen molar-refractivity contribution in [3.63, 3.8) is 0 Å². The first-order valence-corrected chi connectivity index (χ1v) is 9.04. The number of aromatic nitrogens is 2. The molecule has 0 fully saturated rings. The number of benzene rings is 2. The van der Waals surface area contributed by atoms with Gasteiger partial charge in [0.25, 0.3) is 11.6 Å². The lowest BCUT2D eigenvalue weighted by molar-refractivity contribution is -0.384. The Hall–Kier alpha value is -4.60. The van der Waals surface area contributed by atoms with Gasteiger partial charge in [-0.3, -0.25) is 20.0 Å². The molecule has 2 N–H and O–H groups in total. The molecule has 0 atom stereocenters. The van der Waals surface area contributed by atoms with E-state index in [-0.39, 0.29) is 22.8 Å². The number of anilines is 1. The monoisotopic (exact) mass is 420 g/mol. The molecule has 31 heavy (non-hydrogen) atoms. The number of carbonyl (C=O) groups excluding carboxylic acids is 1. The standard InChI is InChI=1S/C21H16N4O6/c1-29-19-5-2-3-6-20(19)31-15-10-13(9-14(11-15)25(27)28)22-21(26)17-12-16(23-24-17)18-7-4-8-30-18/h2-12H,1H3,(H,22,26)(H,23,24). The predicted octanol–water partition coefficient (Wildman–Crippen LogP) is 4.63. The molecule has 0 aliphatic carbocycles. The van der Waals surface area contributed by atoms with Crippen LogP contribution in [-0.2, 0) is 0 Å². The summed E-state index contributed by atoms with van der Waals surface area (Å²) in [4.78, 5) is 23.4. The molecule has 10 heteroatoms. The van der Waals surface area contributed by atoms with Crippen molar-refractivity contribution in [1.29, 1.82) is 0 Å². The molecule has 0 spiro atoms. The van der Waals surface area contributed by atoms with Crippen LogP contribution in [0, 0.1) is 10.1 Å². The second kappa shape index (κ2) is 8.41. The first-order chi connectivity index (χ1) is 15.0. The average molecular weight is 420 g/mol. The van der Waals surface area contributed by atoms with E-state index in [9.17, 15) is 14.9 Å². The molecular formula is C21H16N4O6. The fraction of sp³-hybridized carbons (Fsp3) is 0.0476. The highest BCUT2D eigenvalue weighted by molar-refractivity contribution is 6.03. The molecule has 1 amide bonds. The van der Waals surface area contributed by atoms with Crippen LogP contribution in [0.4, 0.5) is 11.4 Å². The van der Waals surface area contributed by atoms with Crippen LogP contribution in [0.3, 0.4) is 0 Å². The molecule has 0 unspecified atom stereocenters. The zero-order valence-corrected chi connectivity index (χ0v) is 16.2. The Labute approximate surface area is 175 Å². The number of non-ortho nitro benzene ring substituents is 1. The molecule has 156 valence electrons. The van der Waals surface area contributed by atoms with Crippen LogP contribution in [0.1, 0.15) is 10.5 Å². The molecule has 0 aliphatic heterocycles. The lowest BCUT2D eigenvalue weighted by atomic mass is 10.2. The van der Waals surface area contributed by atoms with Gasteiger partial charge in [-0.15, -0.1) is 0 Å². The van der Waals surface area contributed by atoms with Gasteiger partial charge in [-0.1, -0.05) is 12.1 Å². The minimum absolute atomic E-state index is 0.0881. The number of nitro groups is 1. The van der Waals surface area contributed by atoms with Crippen molar-refractivity contribution in [2.45, 2.75) is 0 Å². The molecule has 2 aromatic carbocycles. The van der Waals surface area contributed by atoms with E-state index in [4.69, 9.17) is 13.9 Å². The fourth-order valence-corrected chi connectivity index (χ4v) is 2.84. The Bertz CT molecular complexity index is 1230. The summed E-state index contributed by atoms with van der Waals surface area (Å²) in [5, 5.41) is 20.6. The molecule has 0 saturated carbocycles. The lowest BCUT2D eigenvalue weighted by Gasteiger charge is -2.11. The number of para-hydroxylation sites is 2. The highest BCUT2D eigenvalue weighted by Gasteiger charge is 2.17. The minimum atomic E-state index is -0.575. The number of furan rings is 1. The Balaban J connectivity index is 1.59. The lowest BCUT2D eigenvalue weighted by Crippen LogP contribution is -2.12. The second-order valence-electron chi connectivity index (χ2n) is 6.32. The highest BCUT2D eigenvalue weighted by atomic mass is 16.6. The fourth-order valence-electron chi connectivity index (χ4n) is 2.84. The van der Waals surface area contributed by atoms with Crippen molar-refractivity contribution in [1.82, 2.24) is 10.2 Å². The molecule has 2 aromatic heterocycles. The summed E-state index contributed by atoms with van der Waals surface area (Å²) in [5.41, 5.74) is 0.534. The number of nitro benzene ring substituents is 1. The number of hydrogen-bond acceptors (Lipinski definition) is 7. The average Bonchev–Trinajstić information content (AvgIpc) is 3.46. The molecule has 0 radical (unpaired) electrons. The van der Waals surface area contributed by atoms with Gasteiger partial charge in [0, 0.05) is 18.2 Å². The summed E-state index contributed by atoms with van der Waals surface area (Å²) in [6, 6.07) is 15.8. The van der Waals surface area contributed by atoms with Gasteiger partial charge in [0.05, 0.1) is 30.1 Å². The number of nitrogens with zero attached hydrogens (tertiary/aromatic N) is 2. The largest absolute Gasteiger partial charge is 0.493 e. The van der Waals surface area contributed by atoms with Crippen LogP contribution in [-0.4, -0.2) is 28.1 Å². The van der Waals surface area contributed by atoms with Gasteiger partial charge in [0.1, 0.15) is 11.4 Å². The molecule has 4 aromatic rings. The number of ether oxygens (including phenoxy) is 2. The Morgan fingerprint density at radius 1 is 1.13 bits per heavy atom. The van der Waals surface area contributed by atoms with E-state index in [0.29, 0.717) is 23.0 Å². The van der Waals surface area contributed by atoms with Gasteiger partial charge in [-0.25, -0.2) is 0 Å². The van der Waals surface area contributed by atoms with Crippen LogP contribution in [0.2, 0.25) is 0 Å². The Morgan fingerprint density at radius 3 is 2.65 bits per heavy atom. The third-order valence-electron chi connectivity index (χ3n) is 4.25. The van der Waals surface area contributed by atoms with Gasteiger partial charge in [-0.2, -0.15) is 5.10 Å². The van der Waals surface area contributed by atoms with Crippen LogP contribution in [0.5, 0.6) is 17.2 Å². The van der Waals surface area contributed by atoms with Crippen LogP contribution >= 0.6 is 0 Å². The number of amides is 1. The maximum absolute atomic E-state index is 12.6. The zero-order valence-electron chi connectivity index (χ0n) is 16.2. The zero-order chi connectivity index (χ0) is 21.8. The van der Waals surface area contributed by atoms with Crippen molar-refractivity contribution in [3.05, 3.63) is 82.7 Å². The van der Waals surface area contributed by atoms with Crippen LogP contribution < -0.4 is 14.8 Å². The summed E-state index contributed by atoms with van der Waals surface area (Å²) in [5.74, 6) is 0.958. The number of carbonyl (C=O) groups is 1. The Kier molecular flexibility index (Phi) is 5.35. The molecule has 0 bridgehead atoms.